The molecule has 0 bridgehead atoms. The first-order valence-electron chi connectivity index (χ1n) is 6.86. The van der Waals surface area contributed by atoms with Crippen molar-refractivity contribution in [2.45, 2.75) is 57.1 Å². The molecule has 1 amide bonds. The average Bonchev–Trinajstić information content (AvgIpc) is 2.52. The molecule has 1 aliphatic rings. The third-order valence-electron chi connectivity index (χ3n) is 3.51. The summed E-state index contributed by atoms with van der Waals surface area (Å²) in [5, 5.41) is 24.7. The van der Waals surface area contributed by atoms with Gasteiger partial charge in [0.2, 0.25) is 5.91 Å². The van der Waals surface area contributed by atoms with E-state index in [9.17, 15) is 14.7 Å². The number of carboxylic acids is 1. The quantitative estimate of drug-likeness (QED) is 0.520. The Bertz CT molecular complexity index is 312. The van der Waals surface area contributed by atoms with Gasteiger partial charge in [-0.2, -0.15) is 0 Å². The Labute approximate surface area is 113 Å². The number of hydrogen-bond donors (Lipinski definition) is 4. The van der Waals surface area contributed by atoms with Crippen LogP contribution in [0.1, 0.15) is 45.4 Å². The van der Waals surface area contributed by atoms with Crippen molar-refractivity contribution >= 4 is 11.9 Å². The SMILES string of the molecule is CC(=O)NC(CNCC1(O)CCCCCC1)C(=O)O. The monoisotopic (exact) mass is 272 g/mol. The van der Waals surface area contributed by atoms with E-state index in [4.69, 9.17) is 5.11 Å². The van der Waals surface area contributed by atoms with Gasteiger partial charge in [0.15, 0.2) is 0 Å². The molecule has 1 unspecified atom stereocenters. The van der Waals surface area contributed by atoms with Crippen LogP contribution < -0.4 is 10.6 Å². The van der Waals surface area contributed by atoms with Crippen molar-refractivity contribution in [1.82, 2.24) is 10.6 Å². The van der Waals surface area contributed by atoms with Crippen molar-refractivity contribution in [1.29, 1.82) is 0 Å². The molecular weight excluding hydrogens is 248 g/mol. The van der Waals surface area contributed by atoms with Gasteiger partial charge in [0.25, 0.3) is 0 Å². The number of amides is 1. The first-order chi connectivity index (χ1) is 8.93. The standard InChI is InChI=1S/C13H24N2O4/c1-10(16)15-11(12(17)18)8-14-9-13(19)6-4-2-3-5-7-13/h11,14,19H,2-9H2,1H3,(H,15,16)(H,17,18). The van der Waals surface area contributed by atoms with Gasteiger partial charge in [-0.3, -0.25) is 4.79 Å². The zero-order valence-electron chi connectivity index (χ0n) is 11.4. The Hall–Kier alpha value is -1.14. The summed E-state index contributed by atoms with van der Waals surface area (Å²) in [6.45, 7) is 1.78. The topological polar surface area (TPSA) is 98.7 Å². The highest BCUT2D eigenvalue weighted by atomic mass is 16.4. The van der Waals surface area contributed by atoms with E-state index in [0.29, 0.717) is 6.54 Å². The Morgan fingerprint density at radius 3 is 2.26 bits per heavy atom. The van der Waals surface area contributed by atoms with E-state index in [0.717, 1.165) is 38.5 Å². The van der Waals surface area contributed by atoms with Gasteiger partial charge in [0.05, 0.1) is 5.60 Å². The second-order valence-corrected chi connectivity index (χ2v) is 5.36. The van der Waals surface area contributed by atoms with Gasteiger partial charge in [0, 0.05) is 20.0 Å². The van der Waals surface area contributed by atoms with E-state index >= 15 is 0 Å². The summed E-state index contributed by atoms with van der Waals surface area (Å²) in [5.41, 5.74) is -0.740. The van der Waals surface area contributed by atoms with Gasteiger partial charge in [-0.1, -0.05) is 25.7 Å². The van der Waals surface area contributed by atoms with Gasteiger partial charge in [-0.25, -0.2) is 4.79 Å². The maximum Gasteiger partial charge on any atom is 0.327 e. The summed E-state index contributed by atoms with van der Waals surface area (Å²) in [5.74, 6) is -1.45. The number of rotatable bonds is 6. The fraction of sp³-hybridized carbons (Fsp3) is 0.846. The van der Waals surface area contributed by atoms with E-state index in [1.54, 1.807) is 0 Å². The molecule has 6 nitrogen and oxygen atoms in total. The van der Waals surface area contributed by atoms with E-state index in [1.165, 1.54) is 6.92 Å². The first kappa shape index (κ1) is 15.9. The molecule has 1 rings (SSSR count). The predicted molar refractivity (Wildman–Crippen MR) is 70.8 cm³/mol. The van der Waals surface area contributed by atoms with Gasteiger partial charge in [0.1, 0.15) is 6.04 Å². The van der Waals surface area contributed by atoms with Crippen molar-refractivity contribution in [3.05, 3.63) is 0 Å². The number of hydrogen-bond acceptors (Lipinski definition) is 4. The fourth-order valence-electron chi connectivity index (χ4n) is 2.46. The normalized spacial score (nSPS) is 20.3. The zero-order chi connectivity index (χ0) is 14.3. The molecule has 1 atom stereocenters. The summed E-state index contributed by atoms with van der Waals surface area (Å²) < 4.78 is 0. The second-order valence-electron chi connectivity index (χ2n) is 5.36. The smallest absolute Gasteiger partial charge is 0.327 e. The average molecular weight is 272 g/mol. The molecule has 6 heteroatoms. The third-order valence-corrected chi connectivity index (χ3v) is 3.51. The van der Waals surface area contributed by atoms with Crippen LogP contribution in [0.3, 0.4) is 0 Å². The number of carbonyl (C=O) groups is 2. The fourth-order valence-corrected chi connectivity index (χ4v) is 2.46. The minimum absolute atomic E-state index is 0.122. The maximum absolute atomic E-state index is 10.9. The highest BCUT2D eigenvalue weighted by molar-refractivity contribution is 5.82. The van der Waals surface area contributed by atoms with E-state index in [1.807, 2.05) is 0 Å². The minimum atomic E-state index is -1.07. The molecule has 0 heterocycles. The largest absolute Gasteiger partial charge is 0.480 e. The number of nitrogens with one attached hydrogen (secondary N) is 2. The summed E-state index contributed by atoms with van der Waals surface area (Å²) in [6.07, 6.45) is 5.80. The number of carboxylic acid groups (broad SMARTS) is 1. The van der Waals surface area contributed by atoms with Crippen LogP contribution in [0.15, 0.2) is 0 Å². The highest BCUT2D eigenvalue weighted by Gasteiger charge is 2.28. The van der Waals surface area contributed by atoms with Gasteiger partial charge in [-0.15, -0.1) is 0 Å². The van der Waals surface area contributed by atoms with Crippen LogP contribution in [0.4, 0.5) is 0 Å². The van der Waals surface area contributed by atoms with E-state index in [2.05, 4.69) is 10.6 Å². The van der Waals surface area contributed by atoms with Crippen LogP contribution in [-0.2, 0) is 9.59 Å². The molecule has 1 aliphatic carbocycles. The number of aliphatic carboxylic acids is 1. The molecule has 0 saturated heterocycles. The molecule has 0 radical (unpaired) electrons. The number of carbonyl (C=O) groups excluding carboxylic acids is 1. The van der Waals surface area contributed by atoms with Crippen LogP contribution in [-0.4, -0.2) is 46.8 Å². The number of aliphatic hydroxyl groups is 1. The minimum Gasteiger partial charge on any atom is -0.480 e. The lowest BCUT2D eigenvalue weighted by molar-refractivity contribution is -0.141. The van der Waals surface area contributed by atoms with Crippen LogP contribution in [0.25, 0.3) is 0 Å². The van der Waals surface area contributed by atoms with Gasteiger partial charge < -0.3 is 20.8 Å². The lowest BCUT2D eigenvalue weighted by Gasteiger charge is -2.27. The lowest BCUT2D eigenvalue weighted by atomic mass is 9.94. The van der Waals surface area contributed by atoms with Crippen molar-refractivity contribution in [3.8, 4) is 0 Å². The molecule has 1 saturated carbocycles. The zero-order valence-corrected chi connectivity index (χ0v) is 11.4. The van der Waals surface area contributed by atoms with Gasteiger partial charge >= 0.3 is 5.97 Å². The Morgan fingerprint density at radius 2 is 1.79 bits per heavy atom. The molecule has 0 aromatic carbocycles. The van der Waals surface area contributed by atoms with Crippen LogP contribution in [0.2, 0.25) is 0 Å². The summed E-state index contributed by atoms with van der Waals surface area (Å²) in [4.78, 5) is 21.8. The predicted octanol–water partition coefficient (Wildman–Crippen LogP) is 0.251. The Balaban J connectivity index is 2.37. The highest BCUT2D eigenvalue weighted by Crippen LogP contribution is 2.26. The van der Waals surface area contributed by atoms with E-state index in [-0.39, 0.29) is 12.5 Å². The molecule has 0 aromatic rings. The summed E-state index contributed by atoms with van der Waals surface area (Å²) in [6, 6.07) is -0.952. The lowest BCUT2D eigenvalue weighted by Crippen LogP contribution is -2.49. The Morgan fingerprint density at radius 1 is 1.21 bits per heavy atom. The Kier molecular flexibility index (Phi) is 6.24. The van der Waals surface area contributed by atoms with E-state index < -0.39 is 17.6 Å². The van der Waals surface area contributed by atoms with Crippen molar-refractivity contribution in [2.75, 3.05) is 13.1 Å². The van der Waals surface area contributed by atoms with Crippen LogP contribution in [0.5, 0.6) is 0 Å². The molecule has 0 aromatic heterocycles. The second kappa shape index (κ2) is 7.45. The maximum atomic E-state index is 10.9. The first-order valence-corrected chi connectivity index (χ1v) is 6.86. The molecule has 110 valence electrons. The molecule has 19 heavy (non-hydrogen) atoms. The van der Waals surface area contributed by atoms with Crippen molar-refractivity contribution in [2.24, 2.45) is 0 Å². The van der Waals surface area contributed by atoms with Gasteiger partial charge in [-0.05, 0) is 12.8 Å². The van der Waals surface area contributed by atoms with Crippen LogP contribution >= 0.6 is 0 Å². The van der Waals surface area contributed by atoms with Crippen molar-refractivity contribution in [3.63, 3.8) is 0 Å². The third kappa shape index (κ3) is 6.02. The van der Waals surface area contributed by atoms with Crippen LogP contribution in [0, 0.1) is 0 Å². The molecule has 0 aliphatic heterocycles. The molecular formula is C13H24N2O4. The summed E-state index contributed by atoms with van der Waals surface area (Å²) in [7, 11) is 0. The molecule has 1 fully saturated rings. The molecule has 0 spiro atoms. The molecule has 4 N–H and O–H groups in total. The van der Waals surface area contributed by atoms with Crippen molar-refractivity contribution < 1.29 is 19.8 Å². The summed E-state index contributed by atoms with van der Waals surface area (Å²) >= 11 is 0.